The molecule has 86 valence electrons. The van der Waals surface area contributed by atoms with Crippen LogP contribution in [0.25, 0.3) is 0 Å². The number of hydrogen-bond donors (Lipinski definition) is 1. The highest BCUT2D eigenvalue weighted by atomic mass is 32.1. The molecule has 7 heteroatoms. The fourth-order valence-electron chi connectivity index (χ4n) is 0.892. The number of ether oxygens (including phenoxy) is 1. The van der Waals surface area contributed by atoms with Gasteiger partial charge in [0.1, 0.15) is 5.01 Å². The molecule has 1 heterocycles. The summed E-state index contributed by atoms with van der Waals surface area (Å²) in [6, 6.07) is 0. The minimum absolute atomic E-state index is 0.337. The molecule has 0 aliphatic rings. The lowest BCUT2D eigenvalue weighted by Gasteiger charge is -2.01. The summed E-state index contributed by atoms with van der Waals surface area (Å²) in [5.74, 6) is 0. The third-order valence-electron chi connectivity index (χ3n) is 1.60. The van der Waals surface area contributed by atoms with Crippen molar-refractivity contribution < 1.29 is 17.9 Å². The summed E-state index contributed by atoms with van der Waals surface area (Å²) in [6.45, 7) is 1.46. The number of methoxy groups -OCH3 is 1. The first-order valence-corrected chi connectivity index (χ1v) is 5.13. The number of hydrogen-bond acceptors (Lipinski definition) is 4. The van der Waals surface area contributed by atoms with Crippen LogP contribution in [-0.2, 0) is 17.5 Å². The van der Waals surface area contributed by atoms with E-state index < -0.39 is 11.9 Å². The molecule has 1 aromatic rings. The van der Waals surface area contributed by atoms with Gasteiger partial charge in [-0.2, -0.15) is 13.2 Å². The Balaban J connectivity index is 2.40. The number of rotatable bonds is 5. The van der Waals surface area contributed by atoms with Gasteiger partial charge in [0.05, 0.1) is 6.61 Å². The summed E-state index contributed by atoms with van der Waals surface area (Å²) in [5, 5.41) is 4.37. The minimum atomic E-state index is -4.35. The Morgan fingerprint density at radius 1 is 1.53 bits per heavy atom. The fourth-order valence-corrected chi connectivity index (χ4v) is 1.66. The van der Waals surface area contributed by atoms with Gasteiger partial charge in [-0.15, -0.1) is 11.3 Å². The normalized spacial score (nSPS) is 12.0. The Morgan fingerprint density at radius 2 is 2.27 bits per heavy atom. The predicted molar refractivity (Wildman–Crippen MR) is 50.7 cm³/mol. The zero-order valence-electron chi connectivity index (χ0n) is 8.10. The Labute approximate surface area is 89.3 Å². The molecule has 3 nitrogen and oxygen atoms in total. The van der Waals surface area contributed by atoms with Crippen molar-refractivity contribution in [1.29, 1.82) is 0 Å². The van der Waals surface area contributed by atoms with Crippen LogP contribution in [0.5, 0.6) is 0 Å². The van der Waals surface area contributed by atoms with Gasteiger partial charge >= 0.3 is 6.18 Å². The third-order valence-corrected chi connectivity index (χ3v) is 2.45. The molecule has 0 aliphatic carbocycles. The predicted octanol–water partition coefficient (Wildman–Crippen LogP) is 1.90. The van der Waals surface area contributed by atoms with Gasteiger partial charge in [0.25, 0.3) is 0 Å². The van der Waals surface area contributed by atoms with Crippen molar-refractivity contribution in [1.82, 2.24) is 10.3 Å². The van der Waals surface area contributed by atoms with Crippen LogP contribution >= 0.6 is 11.3 Å². The van der Waals surface area contributed by atoms with Crippen LogP contribution in [0.4, 0.5) is 13.2 Å². The van der Waals surface area contributed by atoms with E-state index in [1.54, 1.807) is 7.11 Å². The first-order valence-electron chi connectivity index (χ1n) is 4.25. The number of aromatic nitrogens is 1. The van der Waals surface area contributed by atoms with Crippen molar-refractivity contribution in [2.45, 2.75) is 12.7 Å². The molecule has 0 saturated heterocycles. The van der Waals surface area contributed by atoms with Gasteiger partial charge in [0.15, 0.2) is 5.69 Å². The highest BCUT2D eigenvalue weighted by Gasteiger charge is 2.33. The van der Waals surface area contributed by atoms with E-state index >= 15 is 0 Å². The molecule has 0 saturated carbocycles. The molecule has 1 aromatic heterocycles. The topological polar surface area (TPSA) is 34.1 Å². The SMILES string of the molecule is COCCNCc1nc(C(F)(F)F)cs1. The van der Waals surface area contributed by atoms with Crippen molar-refractivity contribution in [3.05, 3.63) is 16.1 Å². The number of alkyl halides is 3. The lowest BCUT2D eigenvalue weighted by atomic mass is 10.5. The number of thiazole rings is 1. The molecule has 0 spiro atoms. The van der Waals surface area contributed by atoms with Gasteiger partial charge in [0, 0.05) is 25.6 Å². The maximum atomic E-state index is 12.1. The smallest absolute Gasteiger partial charge is 0.383 e. The van der Waals surface area contributed by atoms with E-state index in [9.17, 15) is 13.2 Å². The van der Waals surface area contributed by atoms with Crippen LogP contribution in [0.3, 0.4) is 0 Å². The molecular weight excluding hydrogens is 229 g/mol. The molecule has 0 bridgehead atoms. The largest absolute Gasteiger partial charge is 0.434 e. The van der Waals surface area contributed by atoms with E-state index in [1.807, 2.05) is 0 Å². The van der Waals surface area contributed by atoms with Gasteiger partial charge in [-0.25, -0.2) is 4.98 Å². The zero-order valence-corrected chi connectivity index (χ0v) is 8.91. The van der Waals surface area contributed by atoms with E-state index in [4.69, 9.17) is 4.74 Å². The van der Waals surface area contributed by atoms with Crippen molar-refractivity contribution in [2.75, 3.05) is 20.3 Å². The highest BCUT2D eigenvalue weighted by molar-refractivity contribution is 7.09. The average Bonchev–Trinajstić information content (AvgIpc) is 2.60. The molecule has 1 rings (SSSR count). The molecule has 0 unspecified atom stereocenters. The van der Waals surface area contributed by atoms with E-state index in [1.165, 1.54) is 0 Å². The van der Waals surface area contributed by atoms with Crippen LogP contribution in [0.1, 0.15) is 10.7 Å². The second-order valence-electron chi connectivity index (χ2n) is 2.79. The highest BCUT2D eigenvalue weighted by Crippen LogP contribution is 2.29. The van der Waals surface area contributed by atoms with Crippen LogP contribution < -0.4 is 5.32 Å². The van der Waals surface area contributed by atoms with E-state index in [2.05, 4.69) is 10.3 Å². The quantitative estimate of drug-likeness (QED) is 0.798. The van der Waals surface area contributed by atoms with Gasteiger partial charge in [-0.05, 0) is 0 Å². The molecular formula is C8H11F3N2OS. The Morgan fingerprint density at radius 3 is 2.80 bits per heavy atom. The summed E-state index contributed by atoms with van der Waals surface area (Å²) in [6.07, 6.45) is -4.35. The summed E-state index contributed by atoms with van der Waals surface area (Å²) in [4.78, 5) is 3.47. The molecule has 0 amide bonds. The van der Waals surface area contributed by atoms with Gasteiger partial charge in [-0.3, -0.25) is 0 Å². The number of halogens is 3. The van der Waals surface area contributed by atoms with Crippen LogP contribution in [0, 0.1) is 0 Å². The zero-order chi connectivity index (χ0) is 11.3. The van der Waals surface area contributed by atoms with Crippen molar-refractivity contribution in [3.63, 3.8) is 0 Å². The summed E-state index contributed by atoms with van der Waals surface area (Å²) >= 11 is 1.00. The van der Waals surface area contributed by atoms with Crippen LogP contribution in [0.2, 0.25) is 0 Å². The molecule has 0 aliphatic heterocycles. The Hall–Kier alpha value is -0.660. The first-order chi connectivity index (χ1) is 7.04. The molecule has 1 N–H and O–H groups in total. The van der Waals surface area contributed by atoms with Gasteiger partial charge in [-0.1, -0.05) is 0 Å². The maximum absolute atomic E-state index is 12.1. The Kier molecular flexibility index (Phi) is 4.49. The number of nitrogens with one attached hydrogen (secondary N) is 1. The van der Waals surface area contributed by atoms with E-state index in [-0.39, 0.29) is 0 Å². The minimum Gasteiger partial charge on any atom is -0.383 e. The Bertz CT molecular complexity index is 300. The standard InChI is InChI=1S/C8H11F3N2OS/c1-14-3-2-12-4-7-13-6(5-15-7)8(9,10)11/h5,12H,2-4H2,1H3. The first kappa shape index (κ1) is 12.4. The lowest BCUT2D eigenvalue weighted by molar-refractivity contribution is -0.140. The molecule has 0 radical (unpaired) electrons. The average molecular weight is 240 g/mol. The fraction of sp³-hybridized carbons (Fsp3) is 0.625. The number of nitrogens with zero attached hydrogens (tertiary/aromatic N) is 1. The monoisotopic (exact) mass is 240 g/mol. The molecule has 0 atom stereocenters. The molecule has 0 aromatic carbocycles. The van der Waals surface area contributed by atoms with E-state index in [0.29, 0.717) is 24.7 Å². The van der Waals surface area contributed by atoms with Gasteiger partial charge < -0.3 is 10.1 Å². The maximum Gasteiger partial charge on any atom is 0.434 e. The van der Waals surface area contributed by atoms with Crippen LogP contribution in [-0.4, -0.2) is 25.2 Å². The summed E-state index contributed by atoms with van der Waals surface area (Å²) in [5.41, 5.74) is -0.823. The second kappa shape index (κ2) is 5.43. The van der Waals surface area contributed by atoms with Crippen molar-refractivity contribution in [3.8, 4) is 0 Å². The van der Waals surface area contributed by atoms with Crippen LogP contribution in [0.15, 0.2) is 5.38 Å². The van der Waals surface area contributed by atoms with Crippen molar-refractivity contribution >= 4 is 11.3 Å². The van der Waals surface area contributed by atoms with E-state index in [0.717, 1.165) is 16.7 Å². The third kappa shape index (κ3) is 4.15. The molecule has 0 fully saturated rings. The van der Waals surface area contributed by atoms with Crippen molar-refractivity contribution in [2.24, 2.45) is 0 Å². The van der Waals surface area contributed by atoms with Gasteiger partial charge in [0.2, 0.25) is 0 Å². The summed E-state index contributed by atoms with van der Waals surface area (Å²) in [7, 11) is 1.56. The lowest BCUT2D eigenvalue weighted by Crippen LogP contribution is -2.18. The summed E-state index contributed by atoms with van der Waals surface area (Å²) < 4.78 is 41.2. The molecule has 15 heavy (non-hydrogen) atoms. The second-order valence-corrected chi connectivity index (χ2v) is 3.74.